The summed E-state index contributed by atoms with van der Waals surface area (Å²) in [4.78, 5) is 12.4. The molecule has 0 radical (unpaired) electrons. The summed E-state index contributed by atoms with van der Waals surface area (Å²) in [6, 6.07) is 18.5. The highest BCUT2D eigenvalue weighted by Gasteiger charge is 2.23. The highest BCUT2D eigenvalue weighted by molar-refractivity contribution is 6.35. The van der Waals surface area contributed by atoms with Gasteiger partial charge in [0.05, 0.1) is 6.61 Å². The Hall–Kier alpha value is -2.95. The average Bonchev–Trinajstić information content (AvgIpc) is 3.04. The van der Waals surface area contributed by atoms with Gasteiger partial charge in [-0.15, -0.1) is 0 Å². The molecule has 1 heterocycles. The van der Waals surface area contributed by atoms with E-state index in [0.29, 0.717) is 33.7 Å². The summed E-state index contributed by atoms with van der Waals surface area (Å²) in [6.07, 6.45) is 1.85. The van der Waals surface area contributed by atoms with Crippen LogP contribution in [0.1, 0.15) is 23.6 Å². The van der Waals surface area contributed by atoms with Gasteiger partial charge in [0.1, 0.15) is 6.61 Å². The van der Waals surface area contributed by atoms with Gasteiger partial charge in [-0.2, -0.15) is 0 Å². The molecule has 3 aromatic rings. The summed E-state index contributed by atoms with van der Waals surface area (Å²) >= 11 is 12.2. The molecular weight excluding hydrogens is 421 g/mol. The number of para-hydroxylation sites is 1. The fourth-order valence-electron chi connectivity index (χ4n) is 3.25. The molecule has 1 aliphatic rings. The molecule has 0 saturated heterocycles. The number of carbonyl (C=O) groups excluding carboxylic acids is 1. The predicted octanol–water partition coefficient (Wildman–Crippen LogP) is 6.46. The van der Waals surface area contributed by atoms with Gasteiger partial charge in [0.2, 0.25) is 0 Å². The van der Waals surface area contributed by atoms with Crippen molar-refractivity contribution in [1.82, 2.24) is 0 Å². The fourth-order valence-corrected chi connectivity index (χ4v) is 3.71. The van der Waals surface area contributed by atoms with Crippen LogP contribution in [-0.2, 0) is 11.4 Å². The minimum Gasteiger partial charge on any atom is -0.490 e. The van der Waals surface area contributed by atoms with E-state index in [9.17, 15) is 4.79 Å². The van der Waals surface area contributed by atoms with Crippen LogP contribution in [0.5, 0.6) is 11.5 Å². The van der Waals surface area contributed by atoms with Crippen molar-refractivity contribution >= 4 is 46.4 Å². The van der Waals surface area contributed by atoms with Gasteiger partial charge in [0.15, 0.2) is 11.5 Å². The summed E-state index contributed by atoms with van der Waals surface area (Å²) in [6.45, 7) is 2.68. The molecule has 0 atom stereocenters. The highest BCUT2D eigenvalue weighted by atomic mass is 35.5. The molecule has 0 unspecified atom stereocenters. The number of amides is 1. The van der Waals surface area contributed by atoms with Crippen molar-refractivity contribution in [3.8, 4) is 11.5 Å². The van der Waals surface area contributed by atoms with Crippen LogP contribution in [0.3, 0.4) is 0 Å². The maximum Gasteiger partial charge on any atom is 0.256 e. The van der Waals surface area contributed by atoms with Crippen molar-refractivity contribution in [1.29, 1.82) is 0 Å². The molecule has 152 valence electrons. The zero-order valence-corrected chi connectivity index (χ0v) is 17.8. The Kier molecular flexibility index (Phi) is 5.98. The van der Waals surface area contributed by atoms with E-state index < -0.39 is 0 Å². The second kappa shape index (κ2) is 8.82. The van der Waals surface area contributed by atoms with E-state index >= 15 is 0 Å². The number of benzene rings is 3. The molecule has 4 rings (SSSR count). The maximum absolute atomic E-state index is 12.4. The number of anilines is 1. The van der Waals surface area contributed by atoms with Gasteiger partial charge < -0.3 is 14.8 Å². The van der Waals surface area contributed by atoms with Crippen molar-refractivity contribution in [2.24, 2.45) is 0 Å². The third-order valence-electron chi connectivity index (χ3n) is 4.69. The third kappa shape index (κ3) is 4.30. The number of ether oxygens (including phenoxy) is 2. The van der Waals surface area contributed by atoms with E-state index in [1.807, 2.05) is 61.5 Å². The predicted molar refractivity (Wildman–Crippen MR) is 121 cm³/mol. The number of halogens is 2. The molecule has 0 bridgehead atoms. The molecule has 0 aliphatic carbocycles. The van der Waals surface area contributed by atoms with Crippen LogP contribution >= 0.6 is 23.2 Å². The zero-order chi connectivity index (χ0) is 21.1. The van der Waals surface area contributed by atoms with Crippen LogP contribution in [0.2, 0.25) is 10.0 Å². The summed E-state index contributed by atoms with van der Waals surface area (Å²) in [5.74, 6) is 1.08. The molecule has 1 amide bonds. The minimum atomic E-state index is -0.119. The Balaban J connectivity index is 1.60. The molecule has 4 nitrogen and oxygen atoms in total. The Bertz CT molecular complexity index is 1140. The van der Waals surface area contributed by atoms with Gasteiger partial charge in [-0.05, 0) is 48.9 Å². The second-order valence-electron chi connectivity index (χ2n) is 6.72. The largest absolute Gasteiger partial charge is 0.490 e. The molecule has 1 aliphatic heterocycles. The van der Waals surface area contributed by atoms with Gasteiger partial charge >= 0.3 is 0 Å². The lowest BCUT2D eigenvalue weighted by Gasteiger charge is -2.13. The summed E-state index contributed by atoms with van der Waals surface area (Å²) in [5, 5.41) is 4.01. The Morgan fingerprint density at radius 3 is 2.60 bits per heavy atom. The molecule has 6 heteroatoms. The monoisotopic (exact) mass is 439 g/mol. The van der Waals surface area contributed by atoms with Crippen LogP contribution in [0.4, 0.5) is 5.69 Å². The van der Waals surface area contributed by atoms with Crippen LogP contribution < -0.4 is 14.8 Å². The third-order valence-corrected chi connectivity index (χ3v) is 5.27. The number of fused-ring (bicyclic) bond motifs is 1. The van der Waals surface area contributed by atoms with Crippen LogP contribution in [0, 0.1) is 0 Å². The molecule has 3 aromatic carbocycles. The highest BCUT2D eigenvalue weighted by Crippen LogP contribution is 2.35. The van der Waals surface area contributed by atoms with Gasteiger partial charge in [-0.25, -0.2) is 0 Å². The van der Waals surface area contributed by atoms with Crippen LogP contribution in [0.25, 0.3) is 11.6 Å². The molecule has 1 N–H and O–H groups in total. The van der Waals surface area contributed by atoms with Crippen molar-refractivity contribution in [2.45, 2.75) is 13.5 Å². The van der Waals surface area contributed by atoms with Gasteiger partial charge in [-0.1, -0.05) is 53.5 Å². The first-order chi connectivity index (χ1) is 14.5. The Morgan fingerprint density at radius 1 is 0.967 bits per heavy atom. The molecule has 0 saturated carbocycles. The van der Waals surface area contributed by atoms with Gasteiger partial charge in [-0.3, -0.25) is 4.79 Å². The topological polar surface area (TPSA) is 47.6 Å². The lowest BCUT2D eigenvalue weighted by Crippen LogP contribution is -2.03. The molecular formula is C24H19Cl2NO3. The average molecular weight is 440 g/mol. The number of hydrogen-bond donors (Lipinski definition) is 1. The van der Waals surface area contributed by atoms with Gasteiger partial charge in [0.25, 0.3) is 5.91 Å². The van der Waals surface area contributed by atoms with Crippen LogP contribution in [-0.4, -0.2) is 12.5 Å². The molecule has 30 heavy (non-hydrogen) atoms. The van der Waals surface area contributed by atoms with E-state index in [2.05, 4.69) is 5.32 Å². The second-order valence-corrected chi connectivity index (χ2v) is 7.56. The number of rotatable bonds is 6. The summed E-state index contributed by atoms with van der Waals surface area (Å²) in [5.41, 5.74) is 4.00. The van der Waals surface area contributed by atoms with E-state index in [1.54, 1.807) is 12.1 Å². The maximum atomic E-state index is 12.4. The first kappa shape index (κ1) is 20.3. The minimum absolute atomic E-state index is 0.119. The van der Waals surface area contributed by atoms with E-state index in [1.165, 1.54) is 0 Å². The standard InChI is InChI=1S/C24H19Cl2NO3/c1-2-29-23-12-15(11-19-18-5-3-4-6-21(18)27-24(19)28)7-10-22(23)30-14-16-8-9-17(25)13-20(16)26/h3-13H,2,14H2,1H3,(H,27,28)/b19-11+. The molecule has 0 aromatic heterocycles. The van der Waals surface area contributed by atoms with Crippen molar-refractivity contribution in [3.63, 3.8) is 0 Å². The quantitative estimate of drug-likeness (QED) is 0.448. The van der Waals surface area contributed by atoms with Crippen molar-refractivity contribution in [3.05, 3.63) is 87.4 Å². The lowest BCUT2D eigenvalue weighted by molar-refractivity contribution is -0.110. The first-order valence-electron chi connectivity index (χ1n) is 9.51. The van der Waals surface area contributed by atoms with Gasteiger partial charge in [0, 0.05) is 32.4 Å². The first-order valence-corrected chi connectivity index (χ1v) is 10.3. The lowest BCUT2D eigenvalue weighted by atomic mass is 10.0. The summed E-state index contributed by atoms with van der Waals surface area (Å²) in [7, 11) is 0. The number of hydrogen-bond acceptors (Lipinski definition) is 3. The smallest absolute Gasteiger partial charge is 0.256 e. The van der Waals surface area contributed by atoms with Crippen LogP contribution in [0.15, 0.2) is 60.7 Å². The van der Waals surface area contributed by atoms with E-state index in [4.69, 9.17) is 32.7 Å². The van der Waals surface area contributed by atoms with E-state index in [0.717, 1.165) is 22.4 Å². The molecule has 0 fully saturated rings. The Labute approximate surface area is 185 Å². The Morgan fingerprint density at radius 2 is 1.80 bits per heavy atom. The fraction of sp³-hybridized carbons (Fsp3) is 0.125. The SMILES string of the molecule is CCOc1cc(/C=C2/C(=O)Nc3ccccc32)ccc1OCc1ccc(Cl)cc1Cl. The molecule has 0 spiro atoms. The summed E-state index contributed by atoms with van der Waals surface area (Å²) < 4.78 is 11.7. The van der Waals surface area contributed by atoms with Crippen molar-refractivity contribution < 1.29 is 14.3 Å². The van der Waals surface area contributed by atoms with E-state index in [-0.39, 0.29) is 12.5 Å². The van der Waals surface area contributed by atoms with Crippen molar-refractivity contribution in [2.75, 3.05) is 11.9 Å². The normalized spacial score (nSPS) is 13.8. The number of nitrogens with one attached hydrogen (secondary N) is 1. The zero-order valence-electron chi connectivity index (χ0n) is 16.2. The number of carbonyl (C=O) groups is 1.